The molecule has 0 aliphatic heterocycles. The minimum atomic E-state index is -1.09. The van der Waals surface area contributed by atoms with Gasteiger partial charge in [0, 0.05) is 11.5 Å². The first-order valence-corrected chi connectivity index (χ1v) is 6.77. The van der Waals surface area contributed by atoms with E-state index in [4.69, 9.17) is 4.74 Å². The second kappa shape index (κ2) is 7.52. The molecule has 0 bridgehead atoms. The lowest BCUT2D eigenvalue weighted by atomic mass is 10.4. The summed E-state index contributed by atoms with van der Waals surface area (Å²) in [4.78, 5) is 0.653. The van der Waals surface area contributed by atoms with Gasteiger partial charge in [-0.1, -0.05) is 13.3 Å². The summed E-state index contributed by atoms with van der Waals surface area (Å²) in [6.45, 7) is 3.31. The zero-order chi connectivity index (χ0) is 11.8. The Kier molecular flexibility index (Phi) is 6.26. The molecule has 1 atom stereocenters. The predicted octanol–water partition coefficient (Wildman–Crippen LogP) is 2.75. The highest BCUT2D eigenvalue weighted by Crippen LogP contribution is 2.07. The number of hydrogen-bond donors (Lipinski definition) is 0. The molecular formula is C12H17FO2S. The van der Waals surface area contributed by atoms with Gasteiger partial charge in [-0.05, 0) is 30.7 Å². The Morgan fingerprint density at radius 1 is 1.25 bits per heavy atom. The third kappa shape index (κ3) is 4.86. The van der Waals surface area contributed by atoms with Gasteiger partial charge in [-0.3, -0.25) is 4.21 Å². The second-order valence-electron chi connectivity index (χ2n) is 3.47. The largest absolute Gasteiger partial charge is 0.380 e. The summed E-state index contributed by atoms with van der Waals surface area (Å²) >= 11 is 0. The molecule has 0 aromatic heterocycles. The molecule has 0 amide bonds. The van der Waals surface area contributed by atoms with E-state index < -0.39 is 10.8 Å². The van der Waals surface area contributed by atoms with Crippen LogP contribution < -0.4 is 0 Å². The molecule has 1 unspecified atom stereocenters. The van der Waals surface area contributed by atoms with Crippen LogP contribution in [0.3, 0.4) is 0 Å². The maximum atomic E-state index is 12.6. The van der Waals surface area contributed by atoms with Gasteiger partial charge in [-0.2, -0.15) is 0 Å². The Labute approximate surface area is 98.3 Å². The molecule has 1 aromatic carbocycles. The number of hydrogen-bond acceptors (Lipinski definition) is 2. The van der Waals surface area contributed by atoms with Crippen molar-refractivity contribution in [2.24, 2.45) is 0 Å². The molecule has 90 valence electrons. The van der Waals surface area contributed by atoms with Crippen molar-refractivity contribution in [3.8, 4) is 0 Å². The molecule has 0 aliphatic carbocycles. The highest BCUT2D eigenvalue weighted by Gasteiger charge is 2.03. The van der Waals surface area contributed by atoms with E-state index in [0.29, 0.717) is 17.3 Å². The summed E-state index contributed by atoms with van der Waals surface area (Å²) in [6, 6.07) is 5.76. The molecule has 2 nitrogen and oxygen atoms in total. The van der Waals surface area contributed by atoms with Crippen LogP contribution in [0, 0.1) is 5.82 Å². The van der Waals surface area contributed by atoms with Gasteiger partial charge in [-0.25, -0.2) is 4.39 Å². The number of unbranched alkanes of at least 4 members (excludes halogenated alkanes) is 1. The van der Waals surface area contributed by atoms with E-state index in [1.807, 2.05) is 0 Å². The number of halogens is 1. The molecule has 0 radical (unpaired) electrons. The van der Waals surface area contributed by atoms with Crippen molar-refractivity contribution >= 4 is 10.8 Å². The minimum Gasteiger partial charge on any atom is -0.380 e. The van der Waals surface area contributed by atoms with Crippen LogP contribution in [0.2, 0.25) is 0 Å². The van der Waals surface area contributed by atoms with Crippen LogP contribution in [0.5, 0.6) is 0 Å². The van der Waals surface area contributed by atoms with Crippen LogP contribution in [0.25, 0.3) is 0 Å². The third-order valence-electron chi connectivity index (χ3n) is 2.13. The summed E-state index contributed by atoms with van der Waals surface area (Å²) in [5, 5.41) is 0. The lowest BCUT2D eigenvalue weighted by Gasteiger charge is -2.03. The van der Waals surface area contributed by atoms with Crippen molar-refractivity contribution in [1.29, 1.82) is 0 Å². The highest BCUT2D eigenvalue weighted by atomic mass is 32.2. The molecule has 1 aromatic rings. The monoisotopic (exact) mass is 244 g/mol. The first kappa shape index (κ1) is 13.3. The normalized spacial score (nSPS) is 12.6. The molecule has 0 fully saturated rings. The van der Waals surface area contributed by atoms with Gasteiger partial charge in [0.15, 0.2) is 0 Å². The molecule has 0 N–H and O–H groups in total. The first-order valence-electron chi connectivity index (χ1n) is 5.45. The quantitative estimate of drug-likeness (QED) is 0.689. The molecule has 0 aliphatic rings. The van der Waals surface area contributed by atoms with E-state index in [1.54, 1.807) is 12.1 Å². The minimum absolute atomic E-state index is 0.306. The van der Waals surface area contributed by atoms with Gasteiger partial charge < -0.3 is 4.74 Å². The number of ether oxygens (including phenoxy) is 1. The molecule has 0 heterocycles. The zero-order valence-corrected chi connectivity index (χ0v) is 10.3. The van der Waals surface area contributed by atoms with Crippen LogP contribution in [0.15, 0.2) is 29.2 Å². The van der Waals surface area contributed by atoms with Crippen LogP contribution >= 0.6 is 0 Å². The molecule has 0 saturated heterocycles. The Hall–Kier alpha value is -0.740. The average Bonchev–Trinajstić information content (AvgIpc) is 2.29. The SMILES string of the molecule is CCCCOCCS(=O)c1ccc(F)cc1. The van der Waals surface area contributed by atoms with E-state index in [0.717, 1.165) is 19.4 Å². The molecule has 16 heavy (non-hydrogen) atoms. The summed E-state index contributed by atoms with van der Waals surface area (Å²) in [6.07, 6.45) is 2.13. The number of rotatable bonds is 7. The lowest BCUT2D eigenvalue weighted by molar-refractivity contribution is 0.146. The summed E-state index contributed by atoms with van der Waals surface area (Å²) in [5.74, 6) is 0.162. The van der Waals surface area contributed by atoms with E-state index in [-0.39, 0.29) is 5.82 Å². The summed E-state index contributed by atoms with van der Waals surface area (Å²) in [7, 11) is -1.09. The van der Waals surface area contributed by atoms with Crippen molar-refractivity contribution < 1.29 is 13.3 Å². The van der Waals surface area contributed by atoms with E-state index in [2.05, 4.69) is 6.92 Å². The van der Waals surface area contributed by atoms with E-state index in [9.17, 15) is 8.60 Å². The van der Waals surface area contributed by atoms with Crippen LogP contribution in [-0.4, -0.2) is 23.2 Å². The highest BCUT2D eigenvalue weighted by molar-refractivity contribution is 7.85. The average molecular weight is 244 g/mol. The van der Waals surface area contributed by atoms with Crippen LogP contribution in [0.1, 0.15) is 19.8 Å². The van der Waals surface area contributed by atoms with Crippen molar-refractivity contribution in [2.45, 2.75) is 24.7 Å². The van der Waals surface area contributed by atoms with E-state index in [1.165, 1.54) is 12.1 Å². The predicted molar refractivity (Wildman–Crippen MR) is 63.4 cm³/mol. The fraction of sp³-hybridized carbons (Fsp3) is 0.500. The van der Waals surface area contributed by atoms with Crippen LogP contribution in [0.4, 0.5) is 4.39 Å². The summed E-state index contributed by atoms with van der Waals surface area (Å²) < 4.78 is 29.6. The Balaban J connectivity index is 2.27. The van der Waals surface area contributed by atoms with Crippen molar-refractivity contribution in [3.05, 3.63) is 30.1 Å². The van der Waals surface area contributed by atoms with Gasteiger partial charge >= 0.3 is 0 Å². The fourth-order valence-corrected chi connectivity index (χ4v) is 2.13. The molecule has 0 spiro atoms. The summed E-state index contributed by atoms with van der Waals surface area (Å²) in [5.41, 5.74) is 0. The van der Waals surface area contributed by atoms with Crippen molar-refractivity contribution in [2.75, 3.05) is 19.0 Å². The molecule has 0 saturated carbocycles. The zero-order valence-electron chi connectivity index (χ0n) is 9.45. The van der Waals surface area contributed by atoms with Crippen molar-refractivity contribution in [1.82, 2.24) is 0 Å². The second-order valence-corrected chi connectivity index (χ2v) is 5.04. The Morgan fingerprint density at radius 2 is 1.94 bits per heavy atom. The van der Waals surface area contributed by atoms with Gasteiger partial charge in [0.25, 0.3) is 0 Å². The maximum Gasteiger partial charge on any atom is 0.123 e. The van der Waals surface area contributed by atoms with Gasteiger partial charge in [0.1, 0.15) is 5.82 Å². The molecule has 1 rings (SSSR count). The van der Waals surface area contributed by atoms with Crippen molar-refractivity contribution in [3.63, 3.8) is 0 Å². The fourth-order valence-electron chi connectivity index (χ4n) is 1.19. The van der Waals surface area contributed by atoms with Crippen LogP contribution in [-0.2, 0) is 15.5 Å². The maximum absolute atomic E-state index is 12.6. The van der Waals surface area contributed by atoms with E-state index >= 15 is 0 Å². The first-order chi connectivity index (χ1) is 7.74. The Morgan fingerprint density at radius 3 is 2.56 bits per heavy atom. The topological polar surface area (TPSA) is 26.3 Å². The smallest absolute Gasteiger partial charge is 0.123 e. The molecular weight excluding hydrogens is 227 g/mol. The van der Waals surface area contributed by atoms with Gasteiger partial charge in [0.2, 0.25) is 0 Å². The lowest BCUT2D eigenvalue weighted by Crippen LogP contribution is -2.07. The Bertz CT molecular complexity index is 324. The third-order valence-corrected chi connectivity index (χ3v) is 3.47. The van der Waals surface area contributed by atoms with Gasteiger partial charge in [0.05, 0.1) is 23.2 Å². The molecule has 4 heteroatoms. The van der Waals surface area contributed by atoms with Gasteiger partial charge in [-0.15, -0.1) is 0 Å². The standard InChI is InChI=1S/C12H17FO2S/c1-2-3-8-15-9-10-16(14)12-6-4-11(13)5-7-12/h4-7H,2-3,8-10H2,1H3. The number of benzene rings is 1.